The number of piperidine rings is 1. The van der Waals surface area contributed by atoms with Crippen LogP contribution in [0.15, 0.2) is 24.7 Å². The molecule has 0 radical (unpaired) electrons. The molecule has 106 valence electrons. The lowest BCUT2D eigenvalue weighted by molar-refractivity contribution is 0.515. The van der Waals surface area contributed by atoms with Crippen molar-refractivity contribution in [3.05, 3.63) is 30.5 Å². The van der Waals surface area contributed by atoms with Gasteiger partial charge in [-0.15, -0.1) is 0 Å². The molecule has 1 aliphatic rings. The van der Waals surface area contributed by atoms with Gasteiger partial charge in [-0.3, -0.25) is 0 Å². The Balaban J connectivity index is 1.58. The molecule has 1 N–H and O–H groups in total. The minimum Gasteiger partial charge on any atom is -0.367 e. The molecule has 1 fully saturated rings. The minimum atomic E-state index is 0.473. The molecule has 0 atom stereocenters. The van der Waals surface area contributed by atoms with Gasteiger partial charge in [-0.25, -0.2) is 15.0 Å². The monoisotopic (exact) mass is 272 g/mol. The zero-order valence-corrected chi connectivity index (χ0v) is 12.0. The number of aryl methyl sites for hydroxylation is 2. The summed E-state index contributed by atoms with van der Waals surface area (Å²) in [5, 5.41) is 3.50. The molecule has 6 heteroatoms. The van der Waals surface area contributed by atoms with Crippen LogP contribution in [0.5, 0.6) is 0 Å². The Morgan fingerprint density at radius 1 is 1.20 bits per heavy atom. The van der Waals surface area contributed by atoms with Crippen LogP contribution in [0.3, 0.4) is 0 Å². The molecule has 0 aromatic carbocycles. The van der Waals surface area contributed by atoms with Gasteiger partial charge in [-0.05, 0) is 25.8 Å². The number of rotatable bonds is 3. The van der Waals surface area contributed by atoms with Crippen molar-refractivity contribution in [2.75, 3.05) is 23.3 Å². The van der Waals surface area contributed by atoms with Crippen LogP contribution in [-0.4, -0.2) is 38.7 Å². The van der Waals surface area contributed by atoms with Crippen LogP contribution in [0.1, 0.15) is 18.7 Å². The Labute approximate surface area is 118 Å². The molecule has 3 heterocycles. The van der Waals surface area contributed by atoms with E-state index >= 15 is 0 Å². The normalized spacial score (nSPS) is 16.4. The van der Waals surface area contributed by atoms with E-state index in [2.05, 4.69) is 29.7 Å². The molecule has 20 heavy (non-hydrogen) atoms. The summed E-state index contributed by atoms with van der Waals surface area (Å²) in [4.78, 5) is 15.3. The van der Waals surface area contributed by atoms with E-state index in [0.717, 1.165) is 43.5 Å². The minimum absolute atomic E-state index is 0.473. The maximum absolute atomic E-state index is 4.41. The van der Waals surface area contributed by atoms with Crippen molar-refractivity contribution < 1.29 is 0 Å². The summed E-state index contributed by atoms with van der Waals surface area (Å²) < 4.78 is 2.07. The van der Waals surface area contributed by atoms with Crippen LogP contribution in [0, 0.1) is 6.92 Å². The van der Waals surface area contributed by atoms with Crippen LogP contribution in [0.25, 0.3) is 0 Å². The highest BCUT2D eigenvalue weighted by Gasteiger charge is 2.21. The lowest BCUT2D eigenvalue weighted by Gasteiger charge is -2.33. The van der Waals surface area contributed by atoms with E-state index in [-0.39, 0.29) is 0 Å². The fourth-order valence-electron chi connectivity index (χ4n) is 2.63. The van der Waals surface area contributed by atoms with E-state index in [9.17, 15) is 0 Å². The SMILES string of the molecule is Cc1nccc(NC2CCN(c3nccn3C)CC2)n1. The molecular weight excluding hydrogens is 252 g/mol. The number of hydrogen-bond acceptors (Lipinski definition) is 5. The number of aromatic nitrogens is 4. The van der Waals surface area contributed by atoms with Gasteiger partial charge < -0.3 is 14.8 Å². The molecule has 2 aromatic rings. The summed E-state index contributed by atoms with van der Waals surface area (Å²) >= 11 is 0. The quantitative estimate of drug-likeness (QED) is 0.919. The third-order valence-electron chi connectivity index (χ3n) is 3.70. The van der Waals surface area contributed by atoms with Gasteiger partial charge in [0, 0.05) is 44.8 Å². The van der Waals surface area contributed by atoms with Crippen LogP contribution in [-0.2, 0) is 7.05 Å². The van der Waals surface area contributed by atoms with Gasteiger partial charge in [0.1, 0.15) is 11.6 Å². The first-order valence-corrected chi connectivity index (χ1v) is 7.01. The Morgan fingerprint density at radius 3 is 2.65 bits per heavy atom. The number of imidazole rings is 1. The topological polar surface area (TPSA) is 58.9 Å². The van der Waals surface area contributed by atoms with Crippen LogP contribution >= 0.6 is 0 Å². The number of anilines is 2. The number of hydrogen-bond donors (Lipinski definition) is 1. The van der Waals surface area contributed by atoms with Crippen molar-refractivity contribution in [3.63, 3.8) is 0 Å². The largest absolute Gasteiger partial charge is 0.367 e. The molecule has 3 rings (SSSR count). The van der Waals surface area contributed by atoms with Crippen molar-refractivity contribution in [2.24, 2.45) is 7.05 Å². The fourth-order valence-corrected chi connectivity index (χ4v) is 2.63. The Hall–Kier alpha value is -2.11. The van der Waals surface area contributed by atoms with E-state index in [1.165, 1.54) is 0 Å². The Morgan fingerprint density at radius 2 is 2.00 bits per heavy atom. The maximum Gasteiger partial charge on any atom is 0.205 e. The van der Waals surface area contributed by atoms with Gasteiger partial charge in [0.25, 0.3) is 0 Å². The van der Waals surface area contributed by atoms with Gasteiger partial charge in [-0.1, -0.05) is 0 Å². The highest BCUT2D eigenvalue weighted by Crippen LogP contribution is 2.19. The molecule has 6 nitrogen and oxygen atoms in total. The third kappa shape index (κ3) is 2.74. The summed E-state index contributed by atoms with van der Waals surface area (Å²) in [6, 6.07) is 2.40. The third-order valence-corrected chi connectivity index (χ3v) is 3.70. The fraction of sp³-hybridized carbons (Fsp3) is 0.500. The van der Waals surface area contributed by atoms with Crippen molar-refractivity contribution in [1.29, 1.82) is 0 Å². The second-order valence-corrected chi connectivity index (χ2v) is 5.23. The van der Waals surface area contributed by atoms with Crippen molar-refractivity contribution in [2.45, 2.75) is 25.8 Å². The summed E-state index contributed by atoms with van der Waals surface area (Å²) in [5.74, 6) is 2.79. The lowest BCUT2D eigenvalue weighted by Crippen LogP contribution is -2.40. The van der Waals surface area contributed by atoms with E-state index in [1.807, 2.05) is 32.4 Å². The van der Waals surface area contributed by atoms with Crippen LogP contribution in [0.4, 0.5) is 11.8 Å². The summed E-state index contributed by atoms with van der Waals surface area (Å²) in [6.07, 6.45) is 7.83. The van der Waals surface area contributed by atoms with Crippen molar-refractivity contribution in [3.8, 4) is 0 Å². The highest BCUT2D eigenvalue weighted by molar-refractivity contribution is 5.36. The number of nitrogens with one attached hydrogen (secondary N) is 1. The summed E-state index contributed by atoms with van der Waals surface area (Å²) in [6.45, 7) is 3.95. The highest BCUT2D eigenvalue weighted by atomic mass is 15.3. The molecule has 0 aliphatic carbocycles. The van der Waals surface area contributed by atoms with Crippen LogP contribution in [0.2, 0.25) is 0 Å². The molecule has 0 spiro atoms. The van der Waals surface area contributed by atoms with Crippen molar-refractivity contribution >= 4 is 11.8 Å². The predicted octanol–water partition coefficient (Wildman–Crippen LogP) is 1.60. The van der Waals surface area contributed by atoms with E-state index in [0.29, 0.717) is 6.04 Å². The first-order chi connectivity index (χ1) is 9.72. The average molecular weight is 272 g/mol. The van der Waals surface area contributed by atoms with Gasteiger partial charge in [0.05, 0.1) is 0 Å². The zero-order valence-electron chi connectivity index (χ0n) is 12.0. The second-order valence-electron chi connectivity index (χ2n) is 5.23. The predicted molar refractivity (Wildman–Crippen MR) is 78.8 cm³/mol. The van der Waals surface area contributed by atoms with Gasteiger partial charge in [0.2, 0.25) is 5.95 Å². The van der Waals surface area contributed by atoms with E-state index in [1.54, 1.807) is 6.20 Å². The van der Waals surface area contributed by atoms with E-state index < -0.39 is 0 Å². The summed E-state index contributed by atoms with van der Waals surface area (Å²) in [5.41, 5.74) is 0. The zero-order chi connectivity index (χ0) is 13.9. The standard InChI is InChI=1S/C14H20N6/c1-11-15-6-3-13(17-11)18-12-4-8-20(9-5-12)14-16-7-10-19(14)2/h3,6-7,10,12H,4-5,8-9H2,1-2H3,(H,15,17,18). The molecule has 2 aromatic heterocycles. The van der Waals surface area contributed by atoms with Gasteiger partial charge >= 0.3 is 0 Å². The van der Waals surface area contributed by atoms with Gasteiger partial charge in [-0.2, -0.15) is 0 Å². The Bertz CT molecular complexity index is 571. The molecule has 0 saturated carbocycles. The van der Waals surface area contributed by atoms with E-state index in [4.69, 9.17) is 0 Å². The molecule has 0 amide bonds. The second kappa shape index (κ2) is 5.48. The van der Waals surface area contributed by atoms with Crippen molar-refractivity contribution in [1.82, 2.24) is 19.5 Å². The molecule has 1 saturated heterocycles. The Kier molecular flexibility index (Phi) is 3.54. The average Bonchev–Trinajstić information content (AvgIpc) is 2.86. The smallest absolute Gasteiger partial charge is 0.205 e. The number of nitrogens with zero attached hydrogens (tertiary/aromatic N) is 5. The van der Waals surface area contributed by atoms with Gasteiger partial charge in [0.15, 0.2) is 0 Å². The molecule has 1 aliphatic heterocycles. The van der Waals surface area contributed by atoms with Crippen LogP contribution < -0.4 is 10.2 Å². The molecule has 0 unspecified atom stereocenters. The summed E-state index contributed by atoms with van der Waals surface area (Å²) in [7, 11) is 2.04. The lowest BCUT2D eigenvalue weighted by atomic mass is 10.1. The first-order valence-electron chi connectivity index (χ1n) is 7.01. The molecular formula is C14H20N6. The first kappa shape index (κ1) is 12.9. The maximum atomic E-state index is 4.41. The molecule has 0 bridgehead atoms.